The van der Waals surface area contributed by atoms with Gasteiger partial charge in [0, 0.05) is 32.2 Å². The van der Waals surface area contributed by atoms with E-state index in [9.17, 15) is 8.42 Å². The van der Waals surface area contributed by atoms with Crippen LogP contribution < -0.4 is 5.32 Å². The molecular formula is C17H28N4O3S2. The molecule has 0 spiro atoms. The van der Waals surface area contributed by atoms with Gasteiger partial charge >= 0.3 is 0 Å². The van der Waals surface area contributed by atoms with Crippen LogP contribution in [0.2, 0.25) is 0 Å². The minimum absolute atomic E-state index is 0.197. The Hall–Kier alpha value is -1.19. The Kier molecular flexibility index (Phi) is 5.88. The lowest BCUT2D eigenvalue weighted by atomic mass is 9.86. The molecule has 3 rings (SSSR count). The molecule has 146 valence electrons. The molecule has 0 radical (unpaired) electrons. The normalized spacial score (nSPS) is 25.3. The van der Waals surface area contributed by atoms with Crippen molar-refractivity contribution in [2.75, 3.05) is 26.2 Å². The zero-order valence-corrected chi connectivity index (χ0v) is 17.3. The molecule has 0 amide bonds. The van der Waals surface area contributed by atoms with Gasteiger partial charge in [-0.15, -0.1) is 0 Å². The summed E-state index contributed by atoms with van der Waals surface area (Å²) in [7, 11) is -3.58. The van der Waals surface area contributed by atoms with E-state index in [4.69, 9.17) is 16.7 Å². The number of sulfonamides is 1. The molecule has 1 aliphatic carbocycles. The number of piperazine rings is 1. The Morgan fingerprint density at radius 3 is 2.42 bits per heavy atom. The molecule has 1 aromatic rings. The van der Waals surface area contributed by atoms with E-state index in [2.05, 4.69) is 22.3 Å². The first-order chi connectivity index (χ1) is 12.3. The molecule has 9 heteroatoms. The Morgan fingerprint density at radius 2 is 1.85 bits per heavy atom. The van der Waals surface area contributed by atoms with Crippen molar-refractivity contribution in [1.29, 1.82) is 0 Å². The summed E-state index contributed by atoms with van der Waals surface area (Å²) in [6.45, 7) is 7.57. The van der Waals surface area contributed by atoms with Gasteiger partial charge < -0.3 is 14.7 Å². The largest absolute Gasteiger partial charge is 0.360 e. The molecule has 1 aromatic heterocycles. The second-order valence-corrected chi connectivity index (χ2v) is 9.62. The van der Waals surface area contributed by atoms with Crippen LogP contribution in [0.5, 0.6) is 0 Å². The number of hydrogen-bond acceptors (Lipinski definition) is 5. The van der Waals surface area contributed by atoms with Gasteiger partial charge in [-0.2, -0.15) is 4.31 Å². The first kappa shape index (κ1) is 19.6. The van der Waals surface area contributed by atoms with Crippen LogP contribution in [0.4, 0.5) is 0 Å². The van der Waals surface area contributed by atoms with Crippen LogP contribution >= 0.6 is 12.2 Å². The molecule has 0 aromatic carbocycles. The van der Waals surface area contributed by atoms with Gasteiger partial charge in [-0.25, -0.2) is 8.42 Å². The number of nitrogens with one attached hydrogen (secondary N) is 1. The van der Waals surface area contributed by atoms with E-state index in [0.717, 1.165) is 11.5 Å². The molecule has 2 aliphatic rings. The molecule has 2 fully saturated rings. The first-order valence-corrected chi connectivity index (χ1v) is 11.1. The van der Waals surface area contributed by atoms with Crippen LogP contribution in [-0.4, -0.2) is 60.1 Å². The lowest BCUT2D eigenvalue weighted by Crippen LogP contribution is -2.55. The highest BCUT2D eigenvalue weighted by Gasteiger charge is 2.34. The molecule has 7 nitrogen and oxygen atoms in total. The second kappa shape index (κ2) is 7.82. The molecule has 0 bridgehead atoms. The third-order valence-electron chi connectivity index (χ3n) is 5.51. The number of hydrogen-bond donors (Lipinski definition) is 1. The van der Waals surface area contributed by atoms with Crippen LogP contribution in [0.25, 0.3) is 0 Å². The maximum Gasteiger partial charge on any atom is 0.248 e. The number of aryl methyl sites for hydroxylation is 2. The molecule has 1 aliphatic heterocycles. The van der Waals surface area contributed by atoms with Crippen molar-refractivity contribution in [3.63, 3.8) is 0 Å². The molecule has 1 N–H and O–H groups in total. The number of nitrogens with zero attached hydrogens (tertiary/aromatic N) is 3. The smallest absolute Gasteiger partial charge is 0.248 e. The van der Waals surface area contributed by atoms with E-state index in [1.54, 1.807) is 13.8 Å². The lowest BCUT2D eigenvalue weighted by Gasteiger charge is -2.38. The van der Waals surface area contributed by atoms with Crippen molar-refractivity contribution in [2.45, 2.75) is 57.4 Å². The molecule has 0 unspecified atom stereocenters. The Balaban J connectivity index is 1.59. The van der Waals surface area contributed by atoms with Crippen LogP contribution in [0.3, 0.4) is 0 Å². The Labute approximate surface area is 161 Å². The van der Waals surface area contributed by atoms with Crippen LogP contribution in [-0.2, 0) is 10.0 Å². The zero-order chi connectivity index (χ0) is 18.9. The third-order valence-corrected chi connectivity index (χ3v) is 8.03. The Bertz CT molecular complexity index is 735. The van der Waals surface area contributed by atoms with Gasteiger partial charge in [0.1, 0.15) is 10.6 Å². The van der Waals surface area contributed by atoms with Crippen molar-refractivity contribution in [2.24, 2.45) is 5.92 Å². The standard InChI is InChI=1S/C17H28N4O3S2/c1-12-6-4-5-7-15(12)18-17(25)20-8-10-21(11-9-20)26(22,23)16-13(2)19-24-14(16)3/h12,15H,4-11H2,1-3H3,(H,18,25)/t12-,15+/m1/s1. The lowest BCUT2D eigenvalue weighted by molar-refractivity contribution is 0.251. The van der Waals surface area contributed by atoms with E-state index in [1.165, 1.54) is 23.6 Å². The predicted octanol–water partition coefficient (Wildman–Crippen LogP) is 2.05. The van der Waals surface area contributed by atoms with Crippen molar-refractivity contribution in [1.82, 2.24) is 19.7 Å². The summed E-state index contributed by atoms with van der Waals surface area (Å²) in [6.07, 6.45) is 4.93. The van der Waals surface area contributed by atoms with E-state index >= 15 is 0 Å². The monoisotopic (exact) mass is 400 g/mol. The minimum atomic E-state index is -3.58. The number of rotatable bonds is 3. The summed E-state index contributed by atoms with van der Waals surface area (Å²) in [5, 5.41) is 8.02. The van der Waals surface area contributed by atoms with Gasteiger partial charge in [-0.1, -0.05) is 24.9 Å². The van der Waals surface area contributed by atoms with Gasteiger partial charge in [0.25, 0.3) is 0 Å². The van der Waals surface area contributed by atoms with Gasteiger partial charge in [-0.05, 0) is 44.8 Å². The summed E-state index contributed by atoms with van der Waals surface area (Å²) in [5.41, 5.74) is 0.411. The number of aromatic nitrogens is 1. The SMILES string of the molecule is Cc1noc(C)c1S(=O)(=O)N1CCN(C(=S)N[C@H]2CCCC[C@H]2C)CC1. The maximum atomic E-state index is 12.9. The van der Waals surface area contributed by atoms with Crippen molar-refractivity contribution >= 4 is 27.4 Å². The third kappa shape index (κ3) is 3.89. The molecule has 1 saturated heterocycles. The van der Waals surface area contributed by atoms with Crippen molar-refractivity contribution in [3.05, 3.63) is 11.5 Å². The molecular weight excluding hydrogens is 372 g/mol. The predicted molar refractivity (Wildman–Crippen MR) is 103 cm³/mol. The summed E-state index contributed by atoms with van der Waals surface area (Å²) >= 11 is 5.58. The van der Waals surface area contributed by atoms with E-state index in [0.29, 0.717) is 49.6 Å². The fourth-order valence-electron chi connectivity index (χ4n) is 3.88. The summed E-state index contributed by atoms with van der Waals surface area (Å²) in [4.78, 5) is 2.28. The topological polar surface area (TPSA) is 78.7 Å². The highest BCUT2D eigenvalue weighted by molar-refractivity contribution is 7.89. The van der Waals surface area contributed by atoms with Gasteiger partial charge in [0.05, 0.1) is 0 Å². The maximum absolute atomic E-state index is 12.9. The molecule has 2 atom stereocenters. The summed E-state index contributed by atoms with van der Waals surface area (Å²) in [5.74, 6) is 0.969. The van der Waals surface area contributed by atoms with Gasteiger partial charge in [0.2, 0.25) is 10.0 Å². The summed E-state index contributed by atoms with van der Waals surface area (Å²) < 4.78 is 32.3. The summed E-state index contributed by atoms with van der Waals surface area (Å²) in [6, 6.07) is 0.431. The second-order valence-electron chi connectivity index (χ2n) is 7.36. The molecule has 2 heterocycles. The molecule has 26 heavy (non-hydrogen) atoms. The Morgan fingerprint density at radius 1 is 1.19 bits per heavy atom. The first-order valence-electron chi connectivity index (χ1n) is 9.29. The van der Waals surface area contributed by atoms with Gasteiger partial charge in [0.15, 0.2) is 10.9 Å². The van der Waals surface area contributed by atoms with Crippen LogP contribution in [0.15, 0.2) is 9.42 Å². The fourth-order valence-corrected chi connectivity index (χ4v) is 5.93. The van der Waals surface area contributed by atoms with Crippen molar-refractivity contribution in [3.8, 4) is 0 Å². The zero-order valence-electron chi connectivity index (χ0n) is 15.7. The quantitative estimate of drug-likeness (QED) is 0.778. The van der Waals surface area contributed by atoms with E-state index in [1.807, 2.05) is 0 Å². The van der Waals surface area contributed by atoms with E-state index < -0.39 is 10.0 Å². The number of thiocarbonyl (C=S) groups is 1. The van der Waals surface area contributed by atoms with Crippen molar-refractivity contribution < 1.29 is 12.9 Å². The average molecular weight is 401 g/mol. The fraction of sp³-hybridized carbons (Fsp3) is 0.765. The average Bonchev–Trinajstić information content (AvgIpc) is 2.96. The highest BCUT2D eigenvalue weighted by Crippen LogP contribution is 2.25. The van der Waals surface area contributed by atoms with Crippen LogP contribution in [0, 0.1) is 19.8 Å². The highest BCUT2D eigenvalue weighted by atomic mass is 32.2. The minimum Gasteiger partial charge on any atom is -0.360 e. The van der Waals surface area contributed by atoms with E-state index in [-0.39, 0.29) is 4.90 Å². The van der Waals surface area contributed by atoms with Crippen LogP contribution in [0.1, 0.15) is 44.1 Å². The van der Waals surface area contributed by atoms with Gasteiger partial charge in [-0.3, -0.25) is 0 Å². The molecule has 1 saturated carbocycles.